The molecule has 0 saturated heterocycles. The van der Waals surface area contributed by atoms with Gasteiger partial charge in [-0.1, -0.05) is 73.8 Å². The Kier molecular flexibility index (Phi) is 14.8. The molecule has 0 radical (unpaired) electrons. The van der Waals surface area contributed by atoms with E-state index in [0.29, 0.717) is 23.4 Å². The molecule has 0 heterocycles. The third-order valence-electron chi connectivity index (χ3n) is 7.79. The molecule has 0 N–H and O–H groups in total. The molecule has 4 aromatic carbocycles. The van der Waals surface area contributed by atoms with Gasteiger partial charge in [0.25, 0.3) is 0 Å². The summed E-state index contributed by atoms with van der Waals surface area (Å²) in [6.07, 6.45) is -8.79. The number of alkyl halides is 6. The van der Waals surface area contributed by atoms with Crippen LogP contribution in [-0.2, 0) is 38.0 Å². The largest absolute Gasteiger partial charge is 0.493 e. The number of esters is 2. The van der Waals surface area contributed by atoms with E-state index in [1.807, 2.05) is 0 Å². The Hall–Kier alpha value is -6.12. The van der Waals surface area contributed by atoms with E-state index in [2.05, 4.69) is 13.2 Å². The van der Waals surface area contributed by atoms with Crippen LogP contribution < -0.4 is 14.2 Å². The fourth-order valence-electron chi connectivity index (χ4n) is 5.06. The lowest BCUT2D eigenvalue weighted by Gasteiger charge is -2.22. The molecule has 0 aliphatic carbocycles. The van der Waals surface area contributed by atoms with Gasteiger partial charge >= 0.3 is 24.3 Å². The molecule has 7 nitrogen and oxygen atoms in total. The maximum atomic E-state index is 15.2. The molecule has 0 spiro atoms. The van der Waals surface area contributed by atoms with Gasteiger partial charge < -0.3 is 23.7 Å². The highest BCUT2D eigenvalue weighted by Crippen LogP contribution is 2.49. The Bertz CT molecular complexity index is 2000. The van der Waals surface area contributed by atoms with Crippen molar-refractivity contribution in [2.24, 2.45) is 0 Å². The lowest BCUT2D eigenvalue weighted by atomic mass is 10.0. The molecule has 4 aromatic rings. The number of carbonyl (C=O) groups is 2. The van der Waals surface area contributed by atoms with Gasteiger partial charge in [-0.25, -0.2) is 18.4 Å². The van der Waals surface area contributed by atoms with Crippen LogP contribution in [0.25, 0.3) is 22.8 Å². The quantitative estimate of drug-likeness (QED) is 0.0326. The summed E-state index contributed by atoms with van der Waals surface area (Å²) in [6, 6.07) is 19.0. The van der Waals surface area contributed by atoms with Gasteiger partial charge in [-0.2, -0.15) is 26.3 Å². The Labute approximate surface area is 316 Å². The molecule has 0 saturated carbocycles. The maximum Gasteiger partial charge on any atom is 0.420 e. The summed E-state index contributed by atoms with van der Waals surface area (Å²) in [5, 5.41) is 0. The van der Waals surface area contributed by atoms with Crippen LogP contribution in [0, 0.1) is 0 Å². The van der Waals surface area contributed by atoms with Crippen molar-refractivity contribution in [2.45, 2.75) is 31.8 Å². The Morgan fingerprint density at radius 3 is 1.48 bits per heavy atom. The second-order valence-corrected chi connectivity index (χ2v) is 11.7. The van der Waals surface area contributed by atoms with Gasteiger partial charge in [0.1, 0.15) is 48.2 Å². The van der Waals surface area contributed by atoms with E-state index >= 15 is 8.78 Å². The summed E-state index contributed by atoms with van der Waals surface area (Å²) in [7, 11) is 0. The lowest BCUT2D eigenvalue weighted by molar-refractivity contribution is -0.164. The molecule has 0 bridgehead atoms. The topological polar surface area (TPSA) is 80.3 Å². The van der Waals surface area contributed by atoms with Gasteiger partial charge in [-0.3, -0.25) is 0 Å². The number of unbranched alkanes of at least 4 members (excludes halogenated alkanes) is 1. The fraction of sp³-hybridized carbons (Fsp3) is 0.220. The van der Waals surface area contributed by atoms with E-state index in [9.17, 15) is 35.9 Å². The van der Waals surface area contributed by atoms with Crippen LogP contribution in [0.2, 0.25) is 0 Å². The monoisotopic (exact) mass is 790 g/mol. The van der Waals surface area contributed by atoms with Crippen LogP contribution in [0.15, 0.2) is 110 Å². The molecule has 4 rings (SSSR count). The summed E-state index contributed by atoms with van der Waals surface area (Å²) < 4.78 is 140. The number of hydrogen-bond acceptors (Lipinski definition) is 7. The minimum absolute atomic E-state index is 0.0402. The molecular weight excluding hydrogens is 756 g/mol. The van der Waals surface area contributed by atoms with Crippen molar-refractivity contribution >= 4 is 23.6 Å². The first-order chi connectivity index (χ1) is 26.6. The molecule has 0 aliphatic heterocycles. The van der Waals surface area contributed by atoms with Crippen LogP contribution >= 0.6 is 0 Å². The zero-order valence-corrected chi connectivity index (χ0v) is 29.5. The van der Waals surface area contributed by atoms with Crippen LogP contribution in [0.1, 0.15) is 40.7 Å². The fourth-order valence-corrected chi connectivity index (χ4v) is 5.06. The van der Waals surface area contributed by atoms with Crippen LogP contribution in [0.5, 0.6) is 17.2 Å². The Morgan fingerprint density at radius 1 is 0.536 bits per heavy atom. The SMILES string of the molecule is C=CC(=O)OCCCCOc1ccc(OCc2ccc(/C(F)=C(\F)c3ccc(-c4ccc(OCCOC(=O)C=C)cc4)cc3)cc2)c(C(F)(F)F)c1C(F)(F)F. The predicted molar refractivity (Wildman–Crippen MR) is 191 cm³/mol. The van der Waals surface area contributed by atoms with Gasteiger partial charge in [-0.05, 0) is 53.8 Å². The summed E-state index contributed by atoms with van der Waals surface area (Å²) >= 11 is 0. The molecule has 15 heteroatoms. The third-order valence-corrected chi connectivity index (χ3v) is 7.79. The molecule has 56 heavy (non-hydrogen) atoms. The highest BCUT2D eigenvalue weighted by molar-refractivity contribution is 5.84. The average Bonchev–Trinajstić information content (AvgIpc) is 3.18. The summed E-state index contributed by atoms with van der Waals surface area (Å²) in [6.45, 7) is 5.55. The number of hydrogen-bond donors (Lipinski definition) is 0. The van der Waals surface area contributed by atoms with Crippen molar-refractivity contribution in [1.82, 2.24) is 0 Å². The molecule has 0 fully saturated rings. The van der Waals surface area contributed by atoms with Crippen molar-refractivity contribution < 1.29 is 68.4 Å². The molecule has 0 atom stereocenters. The van der Waals surface area contributed by atoms with Crippen LogP contribution in [-0.4, -0.2) is 38.4 Å². The standard InChI is InChI=1S/C41H34F8O7/c1-3-34(50)54-22-6-5-21-53-32-19-20-33(37(41(47,48)49)36(32)40(44,45)46)56-25-26-7-9-29(10-8-26)38(42)39(43)30-13-11-27(12-14-30)28-15-17-31(18-16-28)52-23-24-55-35(51)4-2/h3-4,7-20H,1-2,5-6,21-25H2/b39-38+. The minimum atomic E-state index is -5.50. The first-order valence-electron chi connectivity index (χ1n) is 16.8. The van der Waals surface area contributed by atoms with Crippen molar-refractivity contribution in [3.8, 4) is 28.4 Å². The zero-order valence-electron chi connectivity index (χ0n) is 29.5. The third kappa shape index (κ3) is 11.9. The number of benzene rings is 4. The molecule has 0 aliphatic rings. The van der Waals surface area contributed by atoms with Crippen molar-refractivity contribution in [1.29, 1.82) is 0 Å². The molecular formula is C41H34F8O7. The first-order valence-corrected chi connectivity index (χ1v) is 16.8. The number of rotatable bonds is 18. The lowest BCUT2D eigenvalue weighted by Crippen LogP contribution is -2.20. The Balaban J connectivity index is 1.41. The molecule has 0 unspecified atom stereocenters. The molecule has 0 amide bonds. The normalized spacial score (nSPS) is 11.9. The van der Waals surface area contributed by atoms with Crippen LogP contribution in [0.3, 0.4) is 0 Å². The number of halogens is 8. The average molecular weight is 791 g/mol. The maximum absolute atomic E-state index is 15.2. The van der Waals surface area contributed by atoms with Gasteiger partial charge in [0.15, 0.2) is 11.7 Å². The summed E-state index contributed by atoms with van der Waals surface area (Å²) in [4.78, 5) is 22.2. The van der Waals surface area contributed by atoms with E-state index in [4.69, 9.17) is 23.7 Å². The zero-order chi connectivity index (χ0) is 40.9. The van der Waals surface area contributed by atoms with E-state index in [1.54, 1.807) is 36.4 Å². The van der Waals surface area contributed by atoms with Crippen molar-refractivity contribution in [3.05, 3.63) is 138 Å². The Morgan fingerprint density at radius 2 is 0.982 bits per heavy atom. The second kappa shape index (κ2) is 19.5. The minimum Gasteiger partial charge on any atom is -0.493 e. The van der Waals surface area contributed by atoms with Gasteiger partial charge in [-0.15, -0.1) is 0 Å². The van der Waals surface area contributed by atoms with E-state index in [0.717, 1.165) is 29.8 Å². The van der Waals surface area contributed by atoms with Crippen LogP contribution in [0.4, 0.5) is 35.1 Å². The number of ether oxygens (including phenoxy) is 5. The van der Waals surface area contributed by atoms with Gasteiger partial charge in [0, 0.05) is 23.3 Å². The molecule has 0 aromatic heterocycles. The van der Waals surface area contributed by atoms with Gasteiger partial charge in [0.2, 0.25) is 0 Å². The van der Waals surface area contributed by atoms with E-state index in [-0.39, 0.29) is 49.4 Å². The van der Waals surface area contributed by atoms with Crippen molar-refractivity contribution in [2.75, 3.05) is 26.4 Å². The summed E-state index contributed by atoms with van der Waals surface area (Å²) in [5.41, 5.74) is -2.85. The van der Waals surface area contributed by atoms with E-state index < -0.39 is 71.8 Å². The highest BCUT2D eigenvalue weighted by atomic mass is 19.4. The first kappa shape index (κ1) is 42.6. The van der Waals surface area contributed by atoms with Crippen molar-refractivity contribution in [3.63, 3.8) is 0 Å². The summed E-state index contributed by atoms with van der Waals surface area (Å²) in [5.74, 6) is -5.35. The highest BCUT2D eigenvalue weighted by Gasteiger charge is 2.48. The smallest absolute Gasteiger partial charge is 0.420 e. The predicted octanol–water partition coefficient (Wildman–Crippen LogP) is 10.7. The van der Waals surface area contributed by atoms with E-state index in [1.165, 1.54) is 24.3 Å². The van der Waals surface area contributed by atoms with Gasteiger partial charge in [0.05, 0.1) is 13.2 Å². The molecule has 296 valence electrons. The second-order valence-electron chi connectivity index (χ2n) is 11.7. The number of carbonyl (C=O) groups excluding carboxylic acids is 2.